The van der Waals surface area contributed by atoms with Gasteiger partial charge in [-0.15, -0.1) is 0 Å². The standard InChI is InChI=1S/C19H20Cl2FN3O/c20-14-4-6-15(7-5-14)25-12-10-24(11-13-25)9-8-23-19(26)18-16(21)2-1-3-17(18)22/h1-7H,8-13H2,(H,23,26). The molecule has 2 aromatic carbocycles. The van der Waals surface area contributed by atoms with Crippen molar-refractivity contribution in [3.63, 3.8) is 0 Å². The van der Waals surface area contributed by atoms with Crippen molar-refractivity contribution in [2.24, 2.45) is 0 Å². The Morgan fingerprint density at radius 1 is 1.04 bits per heavy atom. The molecule has 1 aliphatic heterocycles. The molecule has 1 amide bonds. The molecule has 0 unspecified atom stereocenters. The fourth-order valence-corrected chi connectivity index (χ4v) is 3.39. The molecule has 1 N–H and O–H groups in total. The first-order valence-electron chi connectivity index (χ1n) is 8.49. The summed E-state index contributed by atoms with van der Waals surface area (Å²) in [5.41, 5.74) is 1.07. The number of nitrogens with one attached hydrogen (secondary N) is 1. The van der Waals surface area contributed by atoms with Gasteiger partial charge in [0.05, 0.1) is 10.6 Å². The van der Waals surface area contributed by atoms with E-state index in [4.69, 9.17) is 23.2 Å². The summed E-state index contributed by atoms with van der Waals surface area (Å²) < 4.78 is 13.7. The molecule has 0 aromatic heterocycles. The van der Waals surface area contributed by atoms with Crippen LogP contribution in [0, 0.1) is 5.82 Å². The van der Waals surface area contributed by atoms with Gasteiger partial charge in [0, 0.05) is 50.0 Å². The van der Waals surface area contributed by atoms with Gasteiger partial charge in [-0.1, -0.05) is 29.3 Å². The number of amides is 1. The minimum Gasteiger partial charge on any atom is -0.369 e. The molecule has 0 aliphatic carbocycles. The molecule has 26 heavy (non-hydrogen) atoms. The predicted molar refractivity (Wildman–Crippen MR) is 104 cm³/mol. The number of carbonyl (C=O) groups is 1. The third-order valence-electron chi connectivity index (χ3n) is 4.47. The normalized spacial score (nSPS) is 15.1. The Morgan fingerprint density at radius 3 is 2.38 bits per heavy atom. The summed E-state index contributed by atoms with van der Waals surface area (Å²) in [5.74, 6) is -1.08. The second kappa shape index (κ2) is 8.71. The summed E-state index contributed by atoms with van der Waals surface area (Å²) in [6, 6.07) is 12.1. The molecule has 1 aliphatic rings. The smallest absolute Gasteiger partial charge is 0.255 e. The molecule has 0 radical (unpaired) electrons. The van der Waals surface area contributed by atoms with Crippen LogP contribution in [0.25, 0.3) is 0 Å². The maximum Gasteiger partial charge on any atom is 0.255 e. The number of piperazine rings is 1. The van der Waals surface area contributed by atoms with E-state index in [1.165, 1.54) is 18.2 Å². The molecule has 0 bridgehead atoms. The highest BCUT2D eigenvalue weighted by atomic mass is 35.5. The Labute approximate surface area is 162 Å². The number of benzene rings is 2. The van der Waals surface area contributed by atoms with Crippen molar-refractivity contribution in [2.75, 3.05) is 44.2 Å². The quantitative estimate of drug-likeness (QED) is 0.838. The molecular weight excluding hydrogens is 376 g/mol. The molecule has 4 nitrogen and oxygen atoms in total. The van der Waals surface area contributed by atoms with Crippen LogP contribution >= 0.6 is 23.2 Å². The lowest BCUT2D eigenvalue weighted by atomic mass is 10.2. The van der Waals surface area contributed by atoms with E-state index in [0.717, 1.165) is 36.9 Å². The van der Waals surface area contributed by atoms with Gasteiger partial charge in [0.1, 0.15) is 5.82 Å². The highest BCUT2D eigenvalue weighted by Gasteiger charge is 2.18. The fourth-order valence-electron chi connectivity index (χ4n) is 3.01. The SMILES string of the molecule is O=C(NCCN1CCN(c2ccc(Cl)cc2)CC1)c1c(F)cccc1Cl. The maximum atomic E-state index is 13.7. The van der Waals surface area contributed by atoms with Gasteiger partial charge in [-0.05, 0) is 36.4 Å². The topological polar surface area (TPSA) is 35.6 Å². The Balaban J connectivity index is 1.44. The summed E-state index contributed by atoms with van der Waals surface area (Å²) in [6.07, 6.45) is 0. The summed E-state index contributed by atoms with van der Waals surface area (Å²) in [7, 11) is 0. The average molecular weight is 396 g/mol. The molecule has 3 rings (SSSR count). The minimum atomic E-state index is -0.605. The minimum absolute atomic E-state index is 0.0956. The zero-order chi connectivity index (χ0) is 18.5. The van der Waals surface area contributed by atoms with Crippen molar-refractivity contribution in [3.05, 3.63) is 63.9 Å². The van der Waals surface area contributed by atoms with Gasteiger partial charge in [-0.3, -0.25) is 9.69 Å². The Morgan fingerprint density at radius 2 is 1.73 bits per heavy atom. The van der Waals surface area contributed by atoms with Crippen LogP contribution in [0.15, 0.2) is 42.5 Å². The molecule has 1 fully saturated rings. The van der Waals surface area contributed by atoms with Crippen LogP contribution in [0.2, 0.25) is 10.0 Å². The predicted octanol–water partition coefficient (Wildman–Crippen LogP) is 3.68. The number of carbonyl (C=O) groups excluding carboxylic acids is 1. The third-order valence-corrected chi connectivity index (χ3v) is 5.03. The number of hydrogen-bond donors (Lipinski definition) is 1. The van der Waals surface area contributed by atoms with Crippen LogP contribution in [-0.4, -0.2) is 50.1 Å². The van der Waals surface area contributed by atoms with Crippen molar-refractivity contribution in [1.82, 2.24) is 10.2 Å². The van der Waals surface area contributed by atoms with Gasteiger partial charge in [0.2, 0.25) is 0 Å². The van der Waals surface area contributed by atoms with Crippen LogP contribution in [-0.2, 0) is 0 Å². The van der Waals surface area contributed by atoms with E-state index < -0.39 is 11.7 Å². The highest BCUT2D eigenvalue weighted by molar-refractivity contribution is 6.33. The summed E-state index contributed by atoms with van der Waals surface area (Å²) in [4.78, 5) is 16.7. The number of anilines is 1. The molecule has 1 saturated heterocycles. The van der Waals surface area contributed by atoms with Gasteiger partial charge < -0.3 is 10.2 Å². The molecule has 0 spiro atoms. The molecule has 2 aromatic rings. The lowest BCUT2D eigenvalue weighted by Gasteiger charge is -2.36. The number of halogens is 3. The van der Waals surface area contributed by atoms with Crippen LogP contribution in [0.1, 0.15) is 10.4 Å². The Kier molecular flexibility index (Phi) is 6.35. The Bertz CT molecular complexity index is 742. The van der Waals surface area contributed by atoms with Crippen molar-refractivity contribution in [1.29, 1.82) is 0 Å². The zero-order valence-corrected chi connectivity index (χ0v) is 15.7. The zero-order valence-electron chi connectivity index (χ0n) is 14.2. The maximum absolute atomic E-state index is 13.7. The van der Waals surface area contributed by atoms with E-state index in [9.17, 15) is 9.18 Å². The first kappa shape index (κ1) is 19.0. The summed E-state index contributed by atoms with van der Waals surface area (Å²) in [5, 5.41) is 3.60. The number of nitrogens with zero attached hydrogens (tertiary/aromatic N) is 2. The fraction of sp³-hybridized carbons (Fsp3) is 0.316. The molecule has 1 heterocycles. The van der Waals surface area contributed by atoms with Crippen molar-refractivity contribution in [3.8, 4) is 0 Å². The molecular formula is C19H20Cl2FN3O. The first-order chi connectivity index (χ1) is 12.5. The van der Waals surface area contributed by atoms with E-state index in [1.807, 2.05) is 24.3 Å². The van der Waals surface area contributed by atoms with Gasteiger partial charge in [0.25, 0.3) is 5.91 Å². The molecule has 138 valence electrons. The van der Waals surface area contributed by atoms with Crippen molar-refractivity contribution in [2.45, 2.75) is 0 Å². The van der Waals surface area contributed by atoms with Crippen molar-refractivity contribution >= 4 is 34.8 Å². The average Bonchev–Trinajstić information content (AvgIpc) is 2.63. The third kappa shape index (κ3) is 4.67. The van der Waals surface area contributed by atoms with Gasteiger partial charge >= 0.3 is 0 Å². The lowest BCUT2D eigenvalue weighted by molar-refractivity contribution is 0.0944. The Hall–Kier alpha value is -1.82. The first-order valence-corrected chi connectivity index (χ1v) is 9.25. The number of rotatable bonds is 5. The van der Waals surface area contributed by atoms with Crippen LogP contribution in [0.5, 0.6) is 0 Å². The number of hydrogen-bond acceptors (Lipinski definition) is 3. The van der Waals surface area contributed by atoms with Crippen molar-refractivity contribution < 1.29 is 9.18 Å². The summed E-state index contributed by atoms with van der Waals surface area (Å²) in [6.45, 7) is 4.79. The second-order valence-corrected chi connectivity index (χ2v) is 7.00. The van der Waals surface area contributed by atoms with Gasteiger partial charge in [0.15, 0.2) is 0 Å². The van der Waals surface area contributed by atoms with Crippen LogP contribution in [0.4, 0.5) is 10.1 Å². The van der Waals surface area contributed by atoms with Crippen LogP contribution in [0.3, 0.4) is 0 Å². The van der Waals surface area contributed by atoms with Crippen LogP contribution < -0.4 is 10.2 Å². The van der Waals surface area contributed by atoms with E-state index in [0.29, 0.717) is 13.1 Å². The lowest BCUT2D eigenvalue weighted by Crippen LogP contribution is -2.48. The van der Waals surface area contributed by atoms with E-state index in [1.54, 1.807) is 0 Å². The molecule has 7 heteroatoms. The van der Waals surface area contributed by atoms with Gasteiger partial charge in [-0.2, -0.15) is 0 Å². The largest absolute Gasteiger partial charge is 0.369 e. The van der Waals surface area contributed by atoms with E-state index in [-0.39, 0.29) is 10.6 Å². The van der Waals surface area contributed by atoms with Gasteiger partial charge in [-0.25, -0.2) is 4.39 Å². The summed E-state index contributed by atoms with van der Waals surface area (Å²) >= 11 is 11.8. The highest BCUT2D eigenvalue weighted by Crippen LogP contribution is 2.20. The molecule has 0 saturated carbocycles. The van der Waals surface area contributed by atoms with E-state index in [2.05, 4.69) is 15.1 Å². The van der Waals surface area contributed by atoms with E-state index >= 15 is 0 Å². The second-order valence-electron chi connectivity index (χ2n) is 6.16. The molecule has 0 atom stereocenters. The monoisotopic (exact) mass is 395 g/mol.